The minimum Gasteiger partial charge on any atom is -0.497 e. The molecule has 0 amide bonds. The summed E-state index contributed by atoms with van der Waals surface area (Å²) in [7, 11) is 3.53. The highest BCUT2D eigenvalue weighted by Gasteiger charge is 2.34. The Labute approximate surface area is 190 Å². The SMILES string of the molecule is COc1ccc(CCn2c(O)c(C3c4[nH]c5ccccc5c4CCN3C)c(=O)[nH]c2=O)cc1. The molecule has 33 heavy (non-hydrogen) atoms. The standard InChI is InChI=1S/C25H26N4O4/c1-28-13-12-18-17-5-3-4-6-19(17)26-21(18)22(28)20-23(30)27-25(32)29(24(20)31)14-11-15-7-9-16(33-2)10-8-15/h3-10,22,26,31H,11-14H2,1-2H3,(H,27,30,32). The molecule has 0 radical (unpaired) electrons. The molecule has 1 atom stereocenters. The zero-order valence-corrected chi connectivity index (χ0v) is 18.6. The normalized spacial score (nSPS) is 16.1. The maximum absolute atomic E-state index is 12.9. The van der Waals surface area contributed by atoms with E-state index in [0.717, 1.165) is 46.4 Å². The first kappa shape index (κ1) is 21.1. The van der Waals surface area contributed by atoms with E-state index in [1.165, 1.54) is 4.57 Å². The van der Waals surface area contributed by atoms with Gasteiger partial charge in [0.05, 0.1) is 13.2 Å². The zero-order chi connectivity index (χ0) is 23.1. The fraction of sp³-hybridized carbons (Fsp3) is 0.280. The number of aromatic hydroxyl groups is 1. The summed E-state index contributed by atoms with van der Waals surface area (Å²) in [6.07, 6.45) is 1.35. The van der Waals surface area contributed by atoms with Gasteiger partial charge in [-0.25, -0.2) is 4.79 Å². The van der Waals surface area contributed by atoms with Gasteiger partial charge in [0.15, 0.2) is 0 Å². The van der Waals surface area contributed by atoms with E-state index in [0.29, 0.717) is 6.42 Å². The van der Waals surface area contributed by atoms with Gasteiger partial charge < -0.3 is 14.8 Å². The van der Waals surface area contributed by atoms with Gasteiger partial charge in [0, 0.05) is 29.7 Å². The van der Waals surface area contributed by atoms with Crippen LogP contribution in [0.3, 0.4) is 0 Å². The van der Waals surface area contributed by atoms with Gasteiger partial charge in [-0.15, -0.1) is 0 Å². The molecule has 4 aromatic rings. The number of aromatic amines is 2. The van der Waals surface area contributed by atoms with Gasteiger partial charge >= 0.3 is 5.69 Å². The molecule has 2 aromatic heterocycles. The maximum atomic E-state index is 12.9. The van der Waals surface area contributed by atoms with Crippen molar-refractivity contribution < 1.29 is 9.84 Å². The summed E-state index contributed by atoms with van der Waals surface area (Å²) in [5.41, 5.74) is 3.00. The molecule has 0 fully saturated rings. The lowest BCUT2D eigenvalue weighted by atomic mass is 9.94. The van der Waals surface area contributed by atoms with Crippen molar-refractivity contribution in [3.63, 3.8) is 0 Å². The first-order chi connectivity index (χ1) is 16.0. The molecule has 170 valence electrons. The highest BCUT2D eigenvalue weighted by Crippen LogP contribution is 2.38. The molecular formula is C25H26N4O4. The average Bonchev–Trinajstić information content (AvgIpc) is 3.19. The highest BCUT2D eigenvalue weighted by molar-refractivity contribution is 5.85. The smallest absolute Gasteiger partial charge is 0.331 e. The van der Waals surface area contributed by atoms with Gasteiger partial charge in [-0.2, -0.15) is 0 Å². The average molecular weight is 447 g/mol. The van der Waals surface area contributed by atoms with Crippen LogP contribution in [0, 0.1) is 0 Å². The highest BCUT2D eigenvalue weighted by atomic mass is 16.5. The fourth-order valence-electron chi connectivity index (χ4n) is 4.79. The van der Waals surface area contributed by atoms with Crippen molar-refractivity contribution in [1.29, 1.82) is 0 Å². The quantitative estimate of drug-likeness (QED) is 0.437. The lowest BCUT2D eigenvalue weighted by Crippen LogP contribution is -2.40. The van der Waals surface area contributed by atoms with E-state index in [1.807, 2.05) is 54.4 Å². The summed E-state index contributed by atoms with van der Waals surface area (Å²) in [6.45, 7) is 0.958. The van der Waals surface area contributed by atoms with Crippen LogP contribution in [0.5, 0.6) is 11.6 Å². The van der Waals surface area contributed by atoms with Crippen LogP contribution in [-0.2, 0) is 19.4 Å². The molecule has 0 saturated heterocycles. The Bertz CT molecular complexity index is 1430. The molecule has 1 aliphatic rings. The number of hydrogen-bond acceptors (Lipinski definition) is 5. The Morgan fingerprint density at radius 3 is 2.61 bits per heavy atom. The van der Waals surface area contributed by atoms with Crippen LogP contribution in [0.1, 0.15) is 28.4 Å². The molecule has 5 rings (SSSR count). The van der Waals surface area contributed by atoms with E-state index in [1.54, 1.807) is 7.11 Å². The fourth-order valence-corrected chi connectivity index (χ4v) is 4.79. The maximum Gasteiger partial charge on any atom is 0.331 e. The van der Waals surface area contributed by atoms with Crippen molar-refractivity contribution in [2.24, 2.45) is 0 Å². The number of aromatic nitrogens is 3. The van der Waals surface area contributed by atoms with Gasteiger partial charge in [0.25, 0.3) is 5.56 Å². The van der Waals surface area contributed by atoms with Crippen LogP contribution >= 0.6 is 0 Å². The number of likely N-dealkylation sites (N-methyl/N-ethyl adjacent to an activating group) is 1. The van der Waals surface area contributed by atoms with Crippen molar-refractivity contribution in [1.82, 2.24) is 19.4 Å². The second-order valence-corrected chi connectivity index (χ2v) is 8.44. The molecule has 1 aliphatic heterocycles. The van der Waals surface area contributed by atoms with Gasteiger partial charge in [0.2, 0.25) is 5.88 Å². The Hall–Kier alpha value is -3.78. The first-order valence-electron chi connectivity index (χ1n) is 11.0. The summed E-state index contributed by atoms with van der Waals surface area (Å²) >= 11 is 0. The topological polar surface area (TPSA) is 103 Å². The number of para-hydroxylation sites is 1. The predicted molar refractivity (Wildman–Crippen MR) is 126 cm³/mol. The van der Waals surface area contributed by atoms with Crippen molar-refractivity contribution in [2.45, 2.75) is 25.4 Å². The third-order valence-electron chi connectivity index (χ3n) is 6.54. The Balaban J connectivity index is 1.56. The molecule has 0 bridgehead atoms. The number of ether oxygens (including phenoxy) is 1. The lowest BCUT2D eigenvalue weighted by molar-refractivity contribution is 0.250. The summed E-state index contributed by atoms with van der Waals surface area (Å²) < 4.78 is 6.43. The number of methoxy groups -OCH3 is 1. The van der Waals surface area contributed by atoms with Gasteiger partial charge in [0.1, 0.15) is 11.3 Å². The van der Waals surface area contributed by atoms with Gasteiger partial charge in [-0.05, 0) is 49.2 Å². The molecule has 3 N–H and O–H groups in total. The largest absolute Gasteiger partial charge is 0.497 e. The minimum atomic E-state index is -0.620. The second-order valence-electron chi connectivity index (χ2n) is 8.44. The van der Waals surface area contributed by atoms with Crippen LogP contribution in [0.2, 0.25) is 0 Å². The molecule has 2 aromatic carbocycles. The van der Waals surface area contributed by atoms with Gasteiger partial charge in [-0.3, -0.25) is 19.2 Å². The Morgan fingerprint density at radius 2 is 1.85 bits per heavy atom. The number of fused-ring (bicyclic) bond motifs is 3. The number of nitrogens with one attached hydrogen (secondary N) is 2. The van der Waals surface area contributed by atoms with E-state index in [9.17, 15) is 14.7 Å². The Morgan fingerprint density at radius 1 is 1.09 bits per heavy atom. The summed E-state index contributed by atoms with van der Waals surface area (Å²) in [5.74, 6) is 0.459. The van der Waals surface area contributed by atoms with E-state index in [2.05, 4.69) is 16.0 Å². The second kappa shape index (κ2) is 8.29. The summed E-state index contributed by atoms with van der Waals surface area (Å²) in [4.78, 5) is 33.4. The van der Waals surface area contributed by atoms with Crippen molar-refractivity contribution in [3.8, 4) is 11.6 Å². The molecule has 0 spiro atoms. The van der Waals surface area contributed by atoms with Crippen molar-refractivity contribution >= 4 is 10.9 Å². The van der Waals surface area contributed by atoms with Crippen LogP contribution in [0.4, 0.5) is 0 Å². The molecule has 8 heteroatoms. The molecule has 3 heterocycles. The van der Waals surface area contributed by atoms with Gasteiger partial charge in [-0.1, -0.05) is 30.3 Å². The van der Waals surface area contributed by atoms with E-state index >= 15 is 0 Å². The molecule has 0 saturated carbocycles. The number of rotatable bonds is 5. The van der Waals surface area contributed by atoms with Crippen LogP contribution < -0.4 is 16.0 Å². The monoisotopic (exact) mass is 446 g/mol. The van der Waals surface area contributed by atoms with Crippen molar-refractivity contribution in [2.75, 3.05) is 20.7 Å². The van der Waals surface area contributed by atoms with E-state index in [4.69, 9.17) is 4.74 Å². The summed E-state index contributed by atoms with van der Waals surface area (Å²) in [6, 6.07) is 15.1. The van der Waals surface area contributed by atoms with Crippen LogP contribution in [-0.4, -0.2) is 45.2 Å². The number of aryl methyl sites for hydroxylation is 1. The van der Waals surface area contributed by atoms with Crippen molar-refractivity contribution in [3.05, 3.63) is 91.8 Å². The number of hydrogen-bond donors (Lipinski definition) is 3. The third-order valence-corrected chi connectivity index (χ3v) is 6.54. The zero-order valence-electron chi connectivity index (χ0n) is 18.6. The van der Waals surface area contributed by atoms with E-state index < -0.39 is 17.3 Å². The molecule has 8 nitrogen and oxygen atoms in total. The number of nitrogens with zero attached hydrogens (tertiary/aromatic N) is 2. The molecular weight excluding hydrogens is 420 g/mol. The Kier molecular flexibility index (Phi) is 5.30. The van der Waals surface area contributed by atoms with E-state index in [-0.39, 0.29) is 18.0 Å². The minimum absolute atomic E-state index is 0.180. The predicted octanol–water partition coefficient (Wildman–Crippen LogP) is 2.55. The van der Waals surface area contributed by atoms with Crippen LogP contribution in [0.15, 0.2) is 58.1 Å². The number of H-pyrrole nitrogens is 2. The lowest BCUT2D eigenvalue weighted by Gasteiger charge is -2.33. The number of benzene rings is 2. The first-order valence-corrected chi connectivity index (χ1v) is 11.0. The summed E-state index contributed by atoms with van der Waals surface area (Å²) in [5, 5.41) is 12.3. The third kappa shape index (κ3) is 3.62. The van der Waals surface area contributed by atoms with Crippen LogP contribution in [0.25, 0.3) is 10.9 Å². The molecule has 0 aliphatic carbocycles. The molecule has 1 unspecified atom stereocenters.